The summed E-state index contributed by atoms with van der Waals surface area (Å²) in [4.78, 5) is 2.44. The van der Waals surface area contributed by atoms with E-state index in [1.807, 2.05) is 6.07 Å². The molecule has 112 valence electrons. The lowest BCUT2D eigenvalue weighted by molar-refractivity contribution is 0.481. The van der Waals surface area contributed by atoms with E-state index >= 15 is 0 Å². The molecule has 1 aliphatic rings. The van der Waals surface area contributed by atoms with Gasteiger partial charge in [-0.1, -0.05) is 13.8 Å². The molecule has 1 aromatic rings. The quantitative estimate of drug-likeness (QED) is 0.877. The minimum absolute atomic E-state index is 0.139. The second kappa shape index (κ2) is 7.07. The molecule has 1 fully saturated rings. The Morgan fingerprint density at radius 2 is 2.15 bits per heavy atom. The number of anilines is 1. The maximum Gasteiger partial charge on any atom is 0.123 e. The zero-order chi connectivity index (χ0) is 14.5. The standard InChI is InChI=1S/C17H27FN2/c1-13(2)11-19-12-15-10-16(18)7-8-17(15)20-9-5-4-6-14(20)3/h7-8,10,13-14,19H,4-6,9,11-12H2,1-3H3. The monoisotopic (exact) mass is 278 g/mol. The molecule has 1 aromatic carbocycles. The van der Waals surface area contributed by atoms with Crippen LogP contribution in [0.1, 0.15) is 45.6 Å². The fourth-order valence-electron chi connectivity index (χ4n) is 2.93. The number of hydrogen-bond acceptors (Lipinski definition) is 2. The highest BCUT2D eigenvalue weighted by atomic mass is 19.1. The van der Waals surface area contributed by atoms with Gasteiger partial charge in [0.2, 0.25) is 0 Å². The van der Waals surface area contributed by atoms with Gasteiger partial charge in [0, 0.05) is 24.8 Å². The maximum absolute atomic E-state index is 13.6. The van der Waals surface area contributed by atoms with E-state index in [4.69, 9.17) is 0 Å². The Balaban J connectivity index is 2.14. The zero-order valence-electron chi connectivity index (χ0n) is 13.0. The van der Waals surface area contributed by atoms with Crippen LogP contribution in [0.5, 0.6) is 0 Å². The van der Waals surface area contributed by atoms with Gasteiger partial charge in [-0.15, -0.1) is 0 Å². The molecule has 1 unspecified atom stereocenters. The molecule has 0 spiro atoms. The summed E-state index contributed by atoms with van der Waals surface area (Å²) in [6.45, 7) is 9.44. The second-order valence-electron chi connectivity index (χ2n) is 6.34. The molecule has 2 rings (SSSR count). The predicted molar refractivity (Wildman–Crippen MR) is 83.6 cm³/mol. The molecule has 0 aliphatic carbocycles. The number of rotatable bonds is 5. The van der Waals surface area contributed by atoms with Gasteiger partial charge in [0.1, 0.15) is 5.82 Å². The first-order chi connectivity index (χ1) is 9.58. The van der Waals surface area contributed by atoms with Gasteiger partial charge in [0.25, 0.3) is 0 Å². The Kier molecular flexibility index (Phi) is 5.41. The first kappa shape index (κ1) is 15.3. The second-order valence-corrected chi connectivity index (χ2v) is 6.34. The molecule has 0 saturated carbocycles. The Labute approximate surface area is 122 Å². The van der Waals surface area contributed by atoms with Crippen LogP contribution in [0, 0.1) is 11.7 Å². The zero-order valence-corrected chi connectivity index (χ0v) is 13.0. The Bertz CT molecular complexity index is 431. The van der Waals surface area contributed by atoms with Crippen molar-refractivity contribution in [3.63, 3.8) is 0 Å². The summed E-state index contributed by atoms with van der Waals surface area (Å²) in [6, 6.07) is 5.77. The van der Waals surface area contributed by atoms with Crippen molar-refractivity contribution in [3.05, 3.63) is 29.6 Å². The molecular formula is C17H27FN2. The minimum Gasteiger partial charge on any atom is -0.369 e. The van der Waals surface area contributed by atoms with Crippen molar-refractivity contribution in [3.8, 4) is 0 Å². The summed E-state index contributed by atoms with van der Waals surface area (Å²) in [5, 5.41) is 3.43. The predicted octanol–water partition coefficient (Wildman–Crippen LogP) is 3.95. The van der Waals surface area contributed by atoms with Gasteiger partial charge in [-0.3, -0.25) is 0 Å². The van der Waals surface area contributed by atoms with Gasteiger partial charge in [-0.2, -0.15) is 0 Å². The Morgan fingerprint density at radius 1 is 1.35 bits per heavy atom. The molecular weight excluding hydrogens is 251 g/mol. The highest BCUT2D eigenvalue weighted by molar-refractivity contribution is 5.55. The van der Waals surface area contributed by atoms with Crippen LogP contribution in [-0.4, -0.2) is 19.1 Å². The van der Waals surface area contributed by atoms with E-state index in [9.17, 15) is 4.39 Å². The van der Waals surface area contributed by atoms with Crippen molar-refractivity contribution in [1.82, 2.24) is 5.32 Å². The first-order valence-corrected chi connectivity index (χ1v) is 7.83. The van der Waals surface area contributed by atoms with Crippen LogP contribution in [0.3, 0.4) is 0 Å². The van der Waals surface area contributed by atoms with E-state index < -0.39 is 0 Å². The normalized spacial score (nSPS) is 19.6. The number of nitrogens with zero attached hydrogens (tertiary/aromatic N) is 1. The average Bonchev–Trinajstić information content (AvgIpc) is 2.40. The molecule has 0 aromatic heterocycles. The molecule has 1 heterocycles. The summed E-state index contributed by atoms with van der Waals surface area (Å²) in [5.74, 6) is 0.473. The highest BCUT2D eigenvalue weighted by Gasteiger charge is 2.20. The van der Waals surface area contributed by atoms with Crippen LogP contribution in [0.25, 0.3) is 0 Å². The van der Waals surface area contributed by atoms with Gasteiger partial charge < -0.3 is 10.2 Å². The van der Waals surface area contributed by atoms with Crippen LogP contribution in [-0.2, 0) is 6.54 Å². The van der Waals surface area contributed by atoms with Gasteiger partial charge in [-0.05, 0) is 62.4 Å². The summed E-state index contributed by atoms with van der Waals surface area (Å²) in [5.41, 5.74) is 2.29. The van der Waals surface area contributed by atoms with Crippen LogP contribution in [0.15, 0.2) is 18.2 Å². The number of piperidine rings is 1. The third kappa shape index (κ3) is 3.95. The topological polar surface area (TPSA) is 15.3 Å². The van der Waals surface area contributed by atoms with Gasteiger partial charge >= 0.3 is 0 Å². The van der Waals surface area contributed by atoms with Crippen molar-refractivity contribution in [2.75, 3.05) is 18.0 Å². The lowest BCUT2D eigenvalue weighted by Crippen LogP contribution is -2.38. The van der Waals surface area contributed by atoms with Crippen LogP contribution < -0.4 is 10.2 Å². The van der Waals surface area contributed by atoms with Crippen molar-refractivity contribution >= 4 is 5.69 Å². The third-order valence-corrected chi connectivity index (χ3v) is 4.02. The van der Waals surface area contributed by atoms with Crippen LogP contribution >= 0.6 is 0 Å². The van der Waals surface area contributed by atoms with E-state index in [-0.39, 0.29) is 5.82 Å². The number of nitrogens with one attached hydrogen (secondary N) is 1. The van der Waals surface area contributed by atoms with Crippen molar-refractivity contribution < 1.29 is 4.39 Å². The lowest BCUT2D eigenvalue weighted by Gasteiger charge is -2.36. The molecule has 0 amide bonds. The third-order valence-electron chi connectivity index (χ3n) is 4.02. The Hall–Kier alpha value is -1.09. The van der Waals surface area contributed by atoms with E-state index in [1.54, 1.807) is 12.1 Å². The van der Waals surface area contributed by atoms with Crippen molar-refractivity contribution in [2.45, 2.75) is 52.6 Å². The molecule has 20 heavy (non-hydrogen) atoms. The fraction of sp³-hybridized carbons (Fsp3) is 0.647. The van der Waals surface area contributed by atoms with Crippen LogP contribution in [0.2, 0.25) is 0 Å². The van der Waals surface area contributed by atoms with E-state index in [1.165, 1.54) is 24.9 Å². The number of benzene rings is 1. The summed E-state index contributed by atoms with van der Waals surface area (Å²) in [7, 11) is 0. The average molecular weight is 278 g/mol. The molecule has 1 N–H and O–H groups in total. The number of hydrogen-bond donors (Lipinski definition) is 1. The minimum atomic E-state index is -0.139. The molecule has 1 aliphatic heterocycles. The number of halogens is 1. The molecule has 0 bridgehead atoms. The SMILES string of the molecule is CC(C)CNCc1cc(F)ccc1N1CCCCC1C. The van der Waals surface area contributed by atoms with Gasteiger partial charge in [0.15, 0.2) is 0 Å². The summed E-state index contributed by atoms with van der Waals surface area (Å²) < 4.78 is 13.6. The van der Waals surface area contributed by atoms with E-state index in [2.05, 4.69) is 31.0 Å². The van der Waals surface area contributed by atoms with Gasteiger partial charge in [0.05, 0.1) is 0 Å². The first-order valence-electron chi connectivity index (χ1n) is 7.83. The van der Waals surface area contributed by atoms with Crippen LogP contribution in [0.4, 0.5) is 10.1 Å². The summed E-state index contributed by atoms with van der Waals surface area (Å²) in [6.07, 6.45) is 3.77. The lowest BCUT2D eigenvalue weighted by atomic mass is 10.0. The largest absolute Gasteiger partial charge is 0.369 e. The Morgan fingerprint density at radius 3 is 2.85 bits per heavy atom. The molecule has 3 heteroatoms. The molecule has 1 saturated heterocycles. The smallest absolute Gasteiger partial charge is 0.123 e. The summed E-state index contributed by atoms with van der Waals surface area (Å²) >= 11 is 0. The highest BCUT2D eigenvalue weighted by Crippen LogP contribution is 2.28. The van der Waals surface area contributed by atoms with E-state index in [0.29, 0.717) is 12.0 Å². The molecule has 0 radical (unpaired) electrons. The van der Waals surface area contributed by atoms with Gasteiger partial charge in [-0.25, -0.2) is 4.39 Å². The fourth-order valence-corrected chi connectivity index (χ4v) is 2.93. The van der Waals surface area contributed by atoms with Crippen molar-refractivity contribution in [1.29, 1.82) is 0 Å². The molecule has 2 nitrogen and oxygen atoms in total. The van der Waals surface area contributed by atoms with Crippen molar-refractivity contribution in [2.24, 2.45) is 5.92 Å². The maximum atomic E-state index is 13.6. The van der Waals surface area contributed by atoms with E-state index in [0.717, 1.165) is 25.2 Å². The molecule has 1 atom stereocenters.